The number of halogens is 4. The summed E-state index contributed by atoms with van der Waals surface area (Å²) in [4.78, 5) is 4.08. The molecule has 0 fully saturated rings. The van der Waals surface area contributed by atoms with Crippen molar-refractivity contribution < 1.29 is 17.6 Å². The Kier molecular flexibility index (Phi) is 6.01. The molecule has 0 aromatic carbocycles. The topological polar surface area (TPSA) is 12.9 Å². The number of rotatable bonds is 1. The fourth-order valence-electron chi connectivity index (χ4n) is 0.600. The van der Waals surface area contributed by atoms with E-state index in [9.17, 15) is 17.6 Å². The number of hydrogen-bond acceptors (Lipinski definition) is 1. The lowest BCUT2D eigenvalue weighted by atomic mass is 10.2. The van der Waals surface area contributed by atoms with Crippen molar-refractivity contribution in [3.8, 4) is 0 Å². The van der Waals surface area contributed by atoms with E-state index < -0.39 is 12.2 Å². The molecule has 0 saturated carbocycles. The third-order valence-electron chi connectivity index (χ3n) is 1.31. The zero-order valence-electron chi connectivity index (χ0n) is 7.98. The van der Waals surface area contributed by atoms with Gasteiger partial charge in [0.05, 0.1) is 0 Å². The van der Waals surface area contributed by atoms with Gasteiger partial charge in [-0.05, 0) is 18.6 Å². The molecule has 0 amide bonds. The summed E-state index contributed by atoms with van der Waals surface area (Å²) in [5.41, 5.74) is 2.11. The summed E-state index contributed by atoms with van der Waals surface area (Å²) in [6.07, 6.45) is -2.22. The van der Waals surface area contributed by atoms with E-state index >= 15 is 0 Å². The second-order valence-corrected chi connectivity index (χ2v) is 2.46. The van der Waals surface area contributed by atoms with Crippen molar-refractivity contribution in [1.82, 2.24) is 4.98 Å². The van der Waals surface area contributed by atoms with Crippen molar-refractivity contribution in [3.63, 3.8) is 0 Å². The van der Waals surface area contributed by atoms with Crippen LogP contribution in [-0.4, -0.2) is 4.98 Å². The average molecular weight is 219 g/mol. The van der Waals surface area contributed by atoms with E-state index in [0.717, 1.165) is 11.3 Å². The minimum atomic E-state index is -2.91. The van der Waals surface area contributed by atoms with Crippen LogP contribution in [0.1, 0.15) is 11.3 Å². The lowest BCUT2D eigenvalue weighted by Crippen LogP contribution is -1.78. The maximum Gasteiger partial charge on any atom is 0.334 e. The van der Waals surface area contributed by atoms with E-state index in [-0.39, 0.29) is 0 Å². The Labute approximate surface area is 84.8 Å². The van der Waals surface area contributed by atoms with Gasteiger partial charge in [-0.2, -0.15) is 17.6 Å². The fraction of sp³-hybridized carbons (Fsp3) is 0.100. The van der Waals surface area contributed by atoms with Crippen LogP contribution in [0.25, 0.3) is 6.08 Å². The Hall–Kier alpha value is -1.65. The van der Waals surface area contributed by atoms with Crippen molar-refractivity contribution in [2.24, 2.45) is 0 Å². The predicted octanol–water partition coefficient (Wildman–Crippen LogP) is 4.02. The van der Waals surface area contributed by atoms with E-state index in [1.54, 1.807) is 6.08 Å². The fourth-order valence-corrected chi connectivity index (χ4v) is 0.600. The Morgan fingerprint density at radius 2 is 1.73 bits per heavy atom. The van der Waals surface area contributed by atoms with Gasteiger partial charge in [-0.15, -0.1) is 0 Å². The van der Waals surface area contributed by atoms with Crippen LogP contribution in [0.4, 0.5) is 17.6 Å². The Morgan fingerprint density at radius 1 is 1.20 bits per heavy atom. The highest BCUT2D eigenvalue weighted by Gasteiger charge is 1.98. The molecule has 0 aliphatic heterocycles. The molecule has 0 saturated heterocycles. The number of aromatic nitrogens is 1. The largest absolute Gasteiger partial charge is 0.334 e. The van der Waals surface area contributed by atoms with Crippen molar-refractivity contribution in [3.05, 3.63) is 48.3 Å². The van der Waals surface area contributed by atoms with Gasteiger partial charge in [0.1, 0.15) is 0 Å². The molecule has 0 N–H and O–H groups in total. The van der Waals surface area contributed by atoms with Gasteiger partial charge in [0, 0.05) is 11.9 Å². The molecule has 1 rings (SSSR count). The molecule has 0 atom stereocenters. The normalized spacial score (nSPS) is 8.60. The van der Waals surface area contributed by atoms with Crippen molar-refractivity contribution >= 4 is 6.08 Å². The molecule has 0 radical (unpaired) electrons. The van der Waals surface area contributed by atoms with Crippen LogP contribution in [0.15, 0.2) is 37.1 Å². The molecule has 1 aromatic heterocycles. The third-order valence-corrected chi connectivity index (χ3v) is 1.31. The van der Waals surface area contributed by atoms with Gasteiger partial charge >= 0.3 is 12.2 Å². The first-order chi connectivity index (χ1) is 6.97. The maximum absolute atomic E-state index is 10.3. The standard InChI is InChI=1S/C8H9N.C2F4/c1-3-8-5-4-7(2)9-6-8;3-1(4)2(5)6/h3-6H,1H2,2H3;. The highest BCUT2D eigenvalue weighted by molar-refractivity contribution is 5.44. The zero-order valence-corrected chi connectivity index (χ0v) is 7.98. The van der Waals surface area contributed by atoms with Gasteiger partial charge in [-0.25, -0.2) is 0 Å². The molecule has 1 nitrogen and oxygen atoms in total. The Balaban J connectivity index is 0.000000288. The first-order valence-electron chi connectivity index (χ1n) is 3.88. The van der Waals surface area contributed by atoms with Crippen LogP contribution >= 0.6 is 0 Å². The molecular formula is C10H9F4N. The van der Waals surface area contributed by atoms with Crippen molar-refractivity contribution in [2.45, 2.75) is 6.92 Å². The summed E-state index contributed by atoms with van der Waals surface area (Å²) in [6, 6.07) is 3.96. The lowest BCUT2D eigenvalue weighted by molar-refractivity contribution is 0.308. The SMILES string of the molecule is C=Cc1ccc(C)nc1.FC(F)=C(F)F. The van der Waals surface area contributed by atoms with E-state index in [0.29, 0.717) is 0 Å². The van der Waals surface area contributed by atoms with Crippen LogP contribution in [-0.2, 0) is 0 Å². The Bertz CT molecular complexity index is 325. The summed E-state index contributed by atoms with van der Waals surface area (Å²) in [5, 5.41) is 0. The summed E-state index contributed by atoms with van der Waals surface area (Å²) in [6.45, 7) is 5.59. The maximum atomic E-state index is 10.3. The van der Waals surface area contributed by atoms with E-state index in [4.69, 9.17) is 0 Å². The molecule has 82 valence electrons. The van der Waals surface area contributed by atoms with Crippen LogP contribution < -0.4 is 0 Å². The Morgan fingerprint density at radius 3 is 2.00 bits per heavy atom. The minimum Gasteiger partial charge on any atom is -0.261 e. The van der Waals surface area contributed by atoms with Crippen molar-refractivity contribution in [1.29, 1.82) is 0 Å². The smallest absolute Gasteiger partial charge is 0.261 e. The molecule has 1 aromatic rings. The molecule has 0 bridgehead atoms. The predicted molar refractivity (Wildman–Crippen MR) is 50.5 cm³/mol. The number of aryl methyl sites for hydroxylation is 1. The minimum absolute atomic E-state index is 1.04. The first kappa shape index (κ1) is 13.4. The molecule has 0 unspecified atom stereocenters. The highest BCUT2D eigenvalue weighted by Crippen LogP contribution is 2.08. The number of pyridine rings is 1. The van der Waals surface area contributed by atoms with Gasteiger partial charge in [-0.1, -0.05) is 18.7 Å². The quantitative estimate of drug-likeness (QED) is 0.650. The van der Waals surface area contributed by atoms with Gasteiger partial charge in [0.15, 0.2) is 0 Å². The van der Waals surface area contributed by atoms with Gasteiger partial charge in [0.25, 0.3) is 0 Å². The second kappa shape index (κ2) is 6.75. The molecule has 0 aliphatic rings. The molecule has 5 heteroatoms. The molecular weight excluding hydrogens is 210 g/mol. The number of hydrogen-bond donors (Lipinski definition) is 0. The molecule has 15 heavy (non-hydrogen) atoms. The van der Waals surface area contributed by atoms with Gasteiger partial charge in [-0.3, -0.25) is 4.98 Å². The van der Waals surface area contributed by atoms with Crippen LogP contribution in [0, 0.1) is 6.92 Å². The summed E-state index contributed by atoms with van der Waals surface area (Å²) in [5.74, 6) is 0. The summed E-state index contributed by atoms with van der Waals surface area (Å²) >= 11 is 0. The first-order valence-corrected chi connectivity index (χ1v) is 3.88. The van der Waals surface area contributed by atoms with E-state index in [1.807, 2.05) is 25.3 Å². The molecule has 1 heterocycles. The average Bonchev–Trinajstić information content (AvgIpc) is 2.20. The van der Waals surface area contributed by atoms with Gasteiger partial charge in [0.2, 0.25) is 0 Å². The van der Waals surface area contributed by atoms with E-state index in [1.165, 1.54) is 0 Å². The van der Waals surface area contributed by atoms with Crippen LogP contribution in [0.5, 0.6) is 0 Å². The third kappa shape index (κ3) is 6.42. The number of nitrogens with zero attached hydrogens (tertiary/aromatic N) is 1. The summed E-state index contributed by atoms with van der Waals surface area (Å²) in [7, 11) is 0. The molecule has 0 aliphatic carbocycles. The summed E-state index contributed by atoms with van der Waals surface area (Å²) < 4.78 is 41.1. The van der Waals surface area contributed by atoms with Gasteiger partial charge < -0.3 is 0 Å². The lowest BCUT2D eigenvalue weighted by Gasteiger charge is -1.90. The zero-order chi connectivity index (χ0) is 11.8. The highest BCUT2D eigenvalue weighted by atomic mass is 19.3. The van der Waals surface area contributed by atoms with E-state index in [2.05, 4.69) is 11.6 Å². The monoisotopic (exact) mass is 219 g/mol. The van der Waals surface area contributed by atoms with Crippen LogP contribution in [0.2, 0.25) is 0 Å². The van der Waals surface area contributed by atoms with Crippen LogP contribution in [0.3, 0.4) is 0 Å². The second-order valence-electron chi connectivity index (χ2n) is 2.46. The van der Waals surface area contributed by atoms with Crippen molar-refractivity contribution in [2.75, 3.05) is 0 Å². The molecule has 0 spiro atoms.